The molecule has 0 aromatic heterocycles. The average Bonchev–Trinajstić information content (AvgIpc) is 2.49. The first-order valence-corrected chi connectivity index (χ1v) is 7.38. The molecule has 0 fully saturated rings. The number of nitrogens with one attached hydrogen (secondary N) is 2. The van der Waals surface area contributed by atoms with Crippen LogP contribution in [0.2, 0.25) is 0 Å². The molecule has 0 amide bonds. The number of hydrogen-bond acceptors (Lipinski definition) is 2. The summed E-state index contributed by atoms with van der Waals surface area (Å²) in [6, 6.07) is 12.6. The van der Waals surface area contributed by atoms with Crippen molar-refractivity contribution in [2.24, 2.45) is 0 Å². The molecule has 0 saturated heterocycles. The highest BCUT2D eigenvalue weighted by atomic mass is 32.1. The molecular formula is C17H19FN2OS. The van der Waals surface area contributed by atoms with Gasteiger partial charge in [-0.2, -0.15) is 0 Å². The molecule has 3 nitrogen and oxygen atoms in total. The summed E-state index contributed by atoms with van der Waals surface area (Å²) in [5, 5.41) is 6.80. The van der Waals surface area contributed by atoms with Gasteiger partial charge in [0.2, 0.25) is 0 Å². The number of anilines is 1. The second kappa shape index (κ2) is 7.22. The highest BCUT2D eigenvalue weighted by Gasteiger charge is 2.11. The Labute approximate surface area is 135 Å². The van der Waals surface area contributed by atoms with Gasteiger partial charge in [0.05, 0.1) is 13.2 Å². The number of para-hydroxylation sites is 1. The summed E-state index contributed by atoms with van der Waals surface area (Å²) in [7, 11) is 1.45. The molecule has 2 aromatic carbocycles. The third-order valence-corrected chi connectivity index (χ3v) is 3.64. The van der Waals surface area contributed by atoms with Crippen LogP contribution in [0.5, 0.6) is 5.75 Å². The molecule has 116 valence electrons. The fourth-order valence-electron chi connectivity index (χ4n) is 2.10. The summed E-state index contributed by atoms with van der Waals surface area (Å²) in [5.74, 6) is -0.150. The highest BCUT2D eigenvalue weighted by molar-refractivity contribution is 7.80. The van der Waals surface area contributed by atoms with Crippen LogP contribution in [-0.4, -0.2) is 12.2 Å². The Morgan fingerprint density at radius 3 is 2.59 bits per heavy atom. The topological polar surface area (TPSA) is 33.3 Å². The summed E-state index contributed by atoms with van der Waals surface area (Å²) < 4.78 is 18.7. The van der Waals surface area contributed by atoms with Crippen molar-refractivity contribution in [1.82, 2.24) is 5.32 Å². The Morgan fingerprint density at radius 2 is 1.95 bits per heavy atom. The van der Waals surface area contributed by atoms with Crippen molar-refractivity contribution in [1.29, 1.82) is 0 Å². The van der Waals surface area contributed by atoms with Crippen LogP contribution in [0.25, 0.3) is 0 Å². The molecule has 1 atom stereocenters. The highest BCUT2D eigenvalue weighted by Crippen LogP contribution is 2.22. The lowest BCUT2D eigenvalue weighted by Gasteiger charge is -2.18. The monoisotopic (exact) mass is 318 g/mol. The fourth-order valence-corrected chi connectivity index (χ4v) is 2.39. The summed E-state index contributed by atoms with van der Waals surface area (Å²) >= 11 is 5.31. The van der Waals surface area contributed by atoms with Crippen molar-refractivity contribution in [3.05, 3.63) is 59.4 Å². The Kier molecular flexibility index (Phi) is 5.33. The predicted molar refractivity (Wildman–Crippen MR) is 91.9 cm³/mol. The predicted octanol–water partition coefficient (Wildman–Crippen LogP) is 4.19. The fraction of sp³-hybridized carbons (Fsp3) is 0.235. The van der Waals surface area contributed by atoms with E-state index >= 15 is 0 Å². The van der Waals surface area contributed by atoms with Gasteiger partial charge in [0.25, 0.3) is 0 Å². The zero-order valence-corrected chi connectivity index (χ0v) is 13.6. The molecule has 0 saturated carbocycles. The van der Waals surface area contributed by atoms with Gasteiger partial charge in [-0.3, -0.25) is 0 Å². The maximum absolute atomic E-state index is 13.7. The molecule has 0 aliphatic carbocycles. The summed E-state index contributed by atoms with van der Waals surface area (Å²) in [5.41, 5.74) is 2.86. The van der Waals surface area contributed by atoms with E-state index in [0.29, 0.717) is 5.11 Å². The first-order chi connectivity index (χ1) is 10.5. The van der Waals surface area contributed by atoms with Gasteiger partial charge < -0.3 is 15.4 Å². The Morgan fingerprint density at radius 1 is 1.23 bits per heavy atom. The molecule has 0 heterocycles. The van der Waals surface area contributed by atoms with Gasteiger partial charge in [-0.05, 0) is 55.4 Å². The van der Waals surface area contributed by atoms with E-state index in [0.717, 1.165) is 16.8 Å². The van der Waals surface area contributed by atoms with E-state index < -0.39 is 0 Å². The van der Waals surface area contributed by atoms with Crippen LogP contribution in [0.4, 0.5) is 10.1 Å². The van der Waals surface area contributed by atoms with E-state index in [9.17, 15) is 4.39 Å². The van der Waals surface area contributed by atoms with Crippen LogP contribution in [0, 0.1) is 12.7 Å². The maximum atomic E-state index is 13.7. The van der Waals surface area contributed by atoms with Crippen molar-refractivity contribution in [3.63, 3.8) is 0 Å². The lowest BCUT2D eigenvalue weighted by atomic mass is 10.1. The first-order valence-electron chi connectivity index (χ1n) is 6.98. The number of thiocarbonyl (C=S) groups is 1. The molecule has 0 aliphatic rings. The maximum Gasteiger partial charge on any atom is 0.171 e. The molecule has 0 aliphatic heterocycles. The van der Waals surface area contributed by atoms with Gasteiger partial charge in [0.1, 0.15) is 0 Å². The number of hydrogen-bond donors (Lipinski definition) is 2. The van der Waals surface area contributed by atoms with Crippen molar-refractivity contribution in [2.45, 2.75) is 19.9 Å². The molecule has 0 bridgehead atoms. The average molecular weight is 318 g/mol. The van der Waals surface area contributed by atoms with Crippen molar-refractivity contribution in [2.75, 3.05) is 12.4 Å². The zero-order valence-electron chi connectivity index (χ0n) is 12.8. The molecule has 5 heteroatoms. The van der Waals surface area contributed by atoms with Gasteiger partial charge in [0.15, 0.2) is 16.7 Å². The molecule has 2 aromatic rings. The largest absolute Gasteiger partial charge is 0.494 e. The minimum absolute atomic E-state index is 0.121. The lowest BCUT2D eigenvalue weighted by molar-refractivity contribution is 0.386. The molecule has 0 spiro atoms. The number of rotatable bonds is 4. The van der Waals surface area contributed by atoms with Gasteiger partial charge >= 0.3 is 0 Å². The molecule has 0 unspecified atom stereocenters. The third-order valence-electron chi connectivity index (χ3n) is 3.42. The van der Waals surface area contributed by atoms with Gasteiger partial charge in [-0.1, -0.05) is 24.3 Å². The normalized spacial score (nSPS) is 11.6. The van der Waals surface area contributed by atoms with Crippen LogP contribution < -0.4 is 15.4 Å². The molecule has 2 N–H and O–H groups in total. The smallest absolute Gasteiger partial charge is 0.171 e. The van der Waals surface area contributed by atoms with Crippen molar-refractivity contribution >= 4 is 23.0 Å². The zero-order chi connectivity index (χ0) is 16.1. The lowest BCUT2D eigenvalue weighted by Crippen LogP contribution is -2.31. The van der Waals surface area contributed by atoms with Crippen molar-refractivity contribution < 1.29 is 9.13 Å². The Bertz CT molecular complexity index is 675. The van der Waals surface area contributed by atoms with E-state index in [1.165, 1.54) is 13.2 Å². The standard InChI is InChI=1S/C17H19FN2OS/c1-11-6-4-5-7-15(11)20-17(22)19-12(2)13-8-9-16(21-3)14(18)10-13/h4-10,12H,1-3H3,(H2,19,20,22)/t12-/m1/s1. The SMILES string of the molecule is COc1ccc([C@@H](C)NC(=S)Nc2ccccc2C)cc1F. The molecule has 0 radical (unpaired) electrons. The minimum Gasteiger partial charge on any atom is -0.494 e. The number of ether oxygens (including phenoxy) is 1. The van der Waals surface area contributed by atoms with E-state index in [1.54, 1.807) is 6.07 Å². The van der Waals surface area contributed by atoms with Gasteiger partial charge in [-0.25, -0.2) is 4.39 Å². The van der Waals surface area contributed by atoms with Crippen LogP contribution in [-0.2, 0) is 0 Å². The summed E-state index contributed by atoms with van der Waals surface area (Å²) in [4.78, 5) is 0. The first kappa shape index (κ1) is 16.2. The number of halogens is 1. The van der Waals surface area contributed by atoms with E-state index in [-0.39, 0.29) is 17.6 Å². The summed E-state index contributed by atoms with van der Waals surface area (Å²) in [6.45, 7) is 3.93. The van der Waals surface area contributed by atoms with Crippen LogP contribution >= 0.6 is 12.2 Å². The molecule has 22 heavy (non-hydrogen) atoms. The van der Waals surface area contributed by atoms with Gasteiger partial charge in [0, 0.05) is 5.69 Å². The second-order valence-corrected chi connectivity index (χ2v) is 5.44. The van der Waals surface area contributed by atoms with Crippen molar-refractivity contribution in [3.8, 4) is 5.75 Å². The van der Waals surface area contributed by atoms with Crippen LogP contribution in [0.3, 0.4) is 0 Å². The molecular weight excluding hydrogens is 299 g/mol. The van der Waals surface area contributed by atoms with E-state index in [1.807, 2.05) is 44.2 Å². The number of aryl methyl sites for hydroxylation is 1. The van der Waals surface area contributed by atoms with E-state index in [2.05, 4.69) is 10.6 Å². The quantitative estimate of drug-likeness (QED) is 0.828. The number of benzene rings is 2. The Balaban J connectivity index is 2.02. The minimum atomic E-state index is -0.383. The summed E-state index contributed by atoms with van der Waals surface area (Å²) in [6.07, 6.45) is 0. The van der Waals surface area contributed by atoms with E-state index in [4.69, 9.17) is 17.0 Å². The van der Waals surface area contributed by atoms with Crippen LogP contribution in [0.15, 0.2) is 42.5 Å². The molecule has 2 rings (SSSR count). The van der Waals surface area contributed by atoms with Gasteiger partial charge in [-0.15, -0.1) is 0 Å². The van der Waals surface area contributed by atoms with Crippen LogP contribution in [0.1, 0.15) is 24.1 Å². The Hall–Kier alpha value is -2.14. The number of methoxy groups -OCH3 is 1. The second-order valence-electron chi connectivity index (χ2n) is 5.03. The third kappa shape index (κ3) is 3.95.